The van der Waals surface area contributed by atoms with E-state index in [0.29, 0.717) is 12.1 Å². The summed E-state index contributed by atoms with van der Waals surface area (Å²) in [6, 6.07) is 4.27. The molecule has 0 aromatic heterocycles. The zero-order chi connectivity index (χ0) is 17.3. The van der Waals surface area contributed by atoms with Gasteiger partial charge in [0.2, 0.25) is 6.10 Å². The van der Waals surface area contributed by atoms with Gasteiger partial charge in [-0.25, -0.2) is 9.59 Å². The number of anilines is 1. The fourth-order valence-electron chi connectivity index (χ4n) is 3.04. The third kappa shape index (κ3) is 3.17. The zero-order valence-corrected chi connectivity index (χ0v) is 13.3. The molecule has 0 spiro atoms. The average Bonchev–Trinajstić information content (AvgIpc) is 3.17. The van der Waals surface area contributed by atoms with Crippen LogP contribution in [0.15, 0.2) is 18.2 Å². The summed E-state index contributed by atoms with van der Waals surface area (Å²) >= 11 is 0. The lowest BCUT2D eigenvalue weighted by Gasteiger charge is -2.17. The van der Waals surface area contributed by atoms with Gasteiger partial charge in [-0.15, -0.1) is 0 Å². The number of nitro benzene ring substituents is 1. The molecule has 0 saturated carbocycles. The minimum absolute atomic E-state index is 0.0528. The first kappa shape index (κ1) is 16.2. The smallest absolute Gasteiger partial charge is 0.347 e. The third-order valence-electron chi connectivity index (χ3n) is 4.23. The van der Waals surface area contributed by atoms with Crippen LogP contribution in [0.3, 0.4) is 0 Å². The number of benzene rings is 1. The summed E-state index contributed by atoms with van der Waals surface area (Å²) in [4.78, 5) is 36.5. The van der Waals surface area contributed by atoms with Crippen LogP contribution in [-0.4, -0.2) is 42.2 Å². The number of ether oxygens (including phenoxy) is 2. The zero-order valence-electron chi connectivity index (χ0n) is 13.3. The Hall–Kier alpha value is -2.64. The van der Waals surface area contributed by atoms with Gasteiger partial charge in [-0.3, -0.25) is 10.1 Å². The van der Waals surface area contributed by atoms with Gasteiger partial charge in [0.1, 0.15) is 11.8 Å². The van der Waals surface area contributed by atoms with Crippen LogP contribution < -0.4 is 4.90 Å². The summed E-state index contributed by atoms with van der Waals surface area (Å²) in [6.07, 6.45) is 1.01. The van der Waals surface area contributed by atoms with Gasteiger partial charge in [0.15, 0.2) is 0 Å². The lowest BCUT2D eigenvalue weighted by Crippen LogP contribution is -2.23. The maximum atomic E-state index is 12.2. The number of esters is 2. The quantitative estimate of drug-likeness (QED) is 0.472. The van der Waals surface area contributed by atoms with E-state index in [-0.39, 0.29) is 17.4 Å². The van der Waals surface area contributed by atoms with E-state index in [4.69, 9.17) is 9.47 Å². The number of hydrogen-bond donors (Lipinski definition) is 0. The van der Waals surface area contributed by atoms with Crippen molar-refractivity contribution >= 4 is 23.3 Å². The summed E-state index contributed by atoms with van der Waals surface area (Å²) in [5.74, 6) is -1.35. The molecule has 3 rings (SSSR count). The van der Waals surface area contributed by atoms with Crippen LogP contribution in [0.2, 0.25) is 0 Å². The van der Waals surface area contributed by atoms with Gasteiger partial charge in [-0.2, -0.15) is 0 Å². The molecule has 2 fully saturated rings. The molecule has 1 aromatic rings. The highest BCUT2D eigenvalue weighted by Crippen LogP contribution is 2.32. The molecular weight excluding hydrogens is 316 g/mol. The molecule has 2 aliphatic heterocycles. The highest BCUT2D eigenvalue weighted by atomic mass is 16.6. The molecule has 2 saturated heterocycles. The van der Waals surface area contributed by atoms with E-state index in [1.807, 2.05) is 4.90 Å². The number of carbonyl (C=O) groups is 2. The Kier molecular flexibility index (Phi) is 4.37. The van der Waals surface area contributed by atoms with E-state index >= 15 is 0 Å². The Bertz CT molecular complexity index is 683. The van der Waals surface area contributed by atoms with Crippen molar-refractivity contribution < 1.29 is 24.0 Å². The Labute approximate surface area is 138 Å². The van der Waals surface area contributed by atoms with Crippen molar-refractivity contribution in [2.24, 2.45) is 0 Å². The number of carbonyl (C=O) groups excluding carboxylic acids is 2. The van der Waals surface area contributed by atoms with Crippen LogP contribution in [0.1, 0.15) is 36.5 Å². The molecule has 2 aliphatic rings. The number of nitro groups is 1. The fourth-order valence-corrected chi connectivity index (χ4v) is 3.04. The molecule has 2 atom stereocenters. The van der Waals surface area contributed by atoms with Crippen LogP contribution in [0, 0.1) is 10.1 Å². The normalized spacial score (nSPS) is 23.2. The molecule has 1 aromatic carbocycles. The minimum atomic E-state index is -0.954. The van der Waals surface area contributed by atoms with E-state index in [9.17, 15) is 19.7 Å². The molecule has 0 radical (unpaired) electrons. The highest BCUT2D eigenvalue weighted by molar-refractivity contribution is 5.93. The van der Waals surface area contributed by atoms with Gasteiger partial charge in [-0.05, 0) is 31.9 Å². The van der Waals surface area contributed by atoms with Crippen LogP contribution in [0.4, 0.5) is 11.4 Å². The molecule has 2 heterocycles. The lowest BCUT2D eigenvalue weighted by molar-refractivity contribution is -0.384. The molecular formula is C16H18N2O6. The molecule has 128 valence electrons. The van der Waals surface area contributed by atoms with Gasteiger partial charge >= 0.3 is 11.9 Å². The second-order valence-electron chi connectivity index (χ2n) is 6.03. The fraction of sp³-hybridized carbons (Fsp3) is 0.500. The maximum Gasteiger partial charge on any atom is 0.347 e. The predicted octanol–water partition coefficient (Wildman–Crippen LogP) is 2.06. The first-order valence-electron chi connectivity index (χ1n) is 7.90. The second-order valence-corrected chi connectivity index (χ2v) is 6.03. The molecule has 24 heavy (non-hydrogen) atoms. The van der Waals surface area contributed by atoms with Crippen LogP contribution in [0.25, 0.3) is 0 Å². The number of nitrogens with zero attached hydrogens (tertiary/aromatic N) is 2. The first-order chi connectivity index (χ1) is 11.5. The van der Waals surface area contributed by atoms with Crippen molar-refractivity contribution in [2.45, 2.75) is 38.4 Å². The average molecular weight is 334 g/mol. The van der Waals surface area contributed by atoms with E-state index < -0.39 is 23.0 Å². The monoisotopic (exact) mass is 334 g/mol. The Balaban J connectivity index is 1.80. The van der Waals surface area contributed by atoms with E-state index in [1.54, 1.807) is 13.0 Å². The van der Waals surface area contributed by atoms with E-state index in [1.165, 1.54) is 12.1 Å². The van der Waals surface area contributed by atoms with Crippen molar-refractivity contribution in [3.05, 3.63) is 33.9 Å². The molecule has 0 N–H and O–H groups in total. The van der Waals surface area contributed by atoms with Gasteiger partial charge in [-0.1, -0.05) is 0 Å². The summed E-state index contributed by atoms with van der Waals surface area (Å²) < 4.78 is 10.1. The Morgan fingerprint density at radius 1 is 1.38 bits per heavy atom. The van der Waals surface area contributed by atoms with Gasteiger partial charge in [0.25, 0.3) is 5.69 Å². The van der Waals surface area contributed by atoms with Crippen molar-refractivity contribution in [3.8, 4) is 0 Å². The van der Waals surface area contributed by atoms with E-state index in [2.05, 4.69) is 0 Å². The van der Waals surface area contributed by atoms with Crippen molar-refractivity contribution in [1.82, 2.24) is 0 Å². The van der Waals surface area contributed by atoms with Crippen LogP contribution in [-0.2, 0) is 14.3 Å². The first-order valence-corrected chi connectivity index (χ1v) is 7.90. The summed E-state index contributed by atoms with van der Waals surface area (Å²) in [7, 11) is 0. The SMILES string of the molecule is C[C@H]1C[C@@H](OC(=O)c2ccc(N3CCCC3)c([N+](=O)[O-])c2)C(=O)O1. The predicted molar refractivity (Wildman–Crippen MR) is 83.9 cm³/mol. The number of cyclic esters (lactones) is 1. The summed E-state index contributed by atoms with van der Waals surface area (Å²) in [5, 5.41) is 11.3. The Morgan fingerprint density at radius 3 is 2.67 bits per heavy atom. The topological polar surface area (TPSA) is 99.0 Å². The largest absolute Gasteiger partial charge is 0.460 e. The van der Waals surface area contributed by atoms with Gasteiger partial charge in [0.05, 0.1) is 10.5 Å². The summed E-state index contributed by atoms with van der Waals surface area (Å²) in [6.45, 7) is 3.23. The molecule has 0 bridgehead atoms. The van der Waals surface area contributed by atoms with E-state index in [0.717, 1.165) is 25.9 Å². The van der Waals surface area contributed by atoms with Gasteiger partial charge < -0.3 is 14.4 Å². The van der Waals surface area contributed by atoms with Crippen molar-refractivity contribution in [3.63, 3.8) is 0 Å². The Morgan fingerprint density at radius 2 is 2.08 bits per heavy atom. The molecule has 8 nitrogen and oxygen atoms in total. The minimum Gasteiger partial charge on any atom is -0.460 e. The molecule has 0 aliphatic carbocycles. The lowest BCUT2D eigenvalue weighted by atomic mass is 10.1. The molecule has 0 unspecified atom stereocenters. The standard InChI is InChI=1S/C16H18N2O6/c1-10-8-14(16(20)23-10)24-15(19)11-4-5-12(13(9-11)18(21)22)17-6-2-3-7-17/h4-5,9-10,14H,2-3,6-8H2,1H3/t10-,14+/m0/s1. The number of rotatable bonds is 4. The van der Waals surface area contributed by atoms with Crippen molar-refractivity contribution in [1.29, 1.82) is 0 Å². The summed E-state index contributed by atoms with van der Waals surface area (Å²) in [5.41, 5.74) is 0.425. The molecule has 8 heteroatoms. The van der Waals surface area contributed by atoms with Gasteiger partial charge in [0, 0.05) is 25.6 Å². The van der Waals surface area contributed by atoms with Crippen molar-refractivity contribution in [2.75, 3.05) is 18.0 Å². The van der Waals surface area contributed by atoms with Crippen LogP contribution >= 0.6 is 0 Å². The second kappa shape index (κ2) is 6.46. The van der Waals surface area contributed by atoms with Crippen LogP contribution in [0.5, 0.6) is 0 Å². The maximum absolute atomic E-state index is 12.2. The number of hydrogen-bond acceptors (Lipinski definition) is 7. The highest BCUT2D eigenvalue weighted by Gasteiger charge is 2.35. The molecule has 0 amide bonds. The third-order valence-corrected chi connectivity index (χ3v) is 4.23.